The van der Waals surface area contributed by atoms with Crippen LogP contribution in [0.25, 0.3) is 0 Å². The van der Waals surface area contributed by atoms with Gasteiger partial charge >= 0.3 is 5.92 Å². The summed E-state index contributed by atoms with van der Waals surface area (Å²) in [7, 11) is 0. The SMILES string of the molecule is C[C@]1(c2cc(NC(=O)c3ncc(Cl)nc3Cl)ccc2F)N=C(N)OCC1(F)F. The van der Waals surface area contributed by atoms with Crippen LogP contribution in [0.5, 0.6) is 0 Å². The lowest BCUT2D eigenvalue weighted by molar-refractivity contribution is -0.117. The van der Waals surface area contributed by atoms with E-state index < -0.39 is 41.4 Å². The van der Waals surface area contributed by atoms with Crippen LogP contribution in [0.15, 0.2) is 29.4 Å². The quantitative estimate of drug-likeness (QED) is 0.772. The Balaban J connectivity index is 1.98. The van der Waals surface area contributed by atoms with Gasteiger partial charge in [0.05, 0.1) is 6.20 Å². The summed E-state index contributed by atoms with van der Waals surface area (Å²) < 4.78 is 47.9. The van der Waals surface area contributed by atoms with Crippen molar-refractivity contribution < 1.29 is 22.7 Å². The molecule has 1 aromatic carbocycles. The van der Waals surface area contributed by atoms with Crippen molar-refractivity contribution in [1.29, 1.82) is 0 Å². The maximum absolute atomic E-state index is 14.5. The topological polar surface area (TPSA) is 102 Å². The van der Waals surface area contributed by atoms with Crippen LogP contribution < -0.4 is 11.1 Å². The zero-order valence-corrected chi connectivity index (χ0v) is 15.7. The lowest BCUT2D eigenvalue weighted by Crippen LogP contribution is -2.51. The number of halogens is 5. The number of hydrogen-bond acceptors (Lipinski definition) is 6. The van der Waals surface area contributed by atoms with E-state index in [0.717, 1.165) is 25.3 Å². The van der Waals surface area contributed by atoms with Gasteiger partial charge in [-0.3, -0.25) is 4.79 Å². The molecule has 0 bridgehead atoms. The van der Waals surface area contributed by atoms with Crippen LogP contribution in [-0.4, -0.2) is 34.4 Å². The van der Waals surface area contributed by atoms with Crippen molar-refractivity contribution in [2.45, 2.75) is 18.4 Å². The van der Waals surface area contributed by atoms with Crippen LogP contribution >= 0.6 is 23.2 Å². The van der Waals surface area contributed by atoms with Crippen LogP contribution in [0.2, 0.25) is 10.3 Å². The normalized spacial score (nSPS) is 20.9. The number of nitrogens with zero attached hydrogens (tertiary/aromatic N) is 3. The Bertz CT molecular complexity index is 989. The third-order valence-corrected chi connectivity index (χ3v) is 4.56. The molecule has 3 N–H and O–H groups in total. The van der Waals surface area contributed by atoms with E-state index in [0.29, 0.717) is 0 Å². The van der Waals surface area contributed by atoms with Gasteiger partial charge in [-0.05, 0) is 25.1 Å². The summed E-state index contributed by atoms with van der Waals surface area (Å²) in [5, 5.41) is 2.11. The third-order valence-electron chi connectivity index (χ3n) is 4.11. The van der Waals surface area contributed by atoms with Crippen molar-refractivity contribution in [2.24, 2.45) is 10.7 Å². The molecule has 7 nitrogen and oxygen atoms in total. The highest BCUT2D eigenvalue weighted by molar-refractivity contribution is 6.34. The predicted molar refractivity (Wildman–Crippen MR) is 96.3 cm³/mol. The minimum atomic E-state index is -3.55. The van der Waals surface area contributed by atoms with Gasteiger partial charge in [0.15, 0.2) is 23.0 Å². The van der Waals surface area contributed by atoms with Gasteiger partial charge in [-0.1, -0.05) is 23.2 Å². The van der Waals surface area contributed by atoms with E-state index in [1.807, 2.05) is 0 Å². The molecule has 1 aromatic heterocycles. The van der Waals surface area contributed by atoms with E-state index in [1.54, 1.807) is 0 Å². The molecular weight excluding hydrogens is 422 g/mol. The Labute approximate surface area is 166 Å². The zero-order chi connectivity index (χ0) is 20.7. The molecule has 0 fully saturated rings. The number of carbonyl (C=O) groups is 1. The van der Waals surface area contributed by atoms with E-state index in [-0.39, 0.29) is 21.7 Å². The number of aliphatic imine (C=N–C) groups is 1. The van der Waals surface area contributed by atoms with Gasteiger partial charge in [-0.2, -0.15) is 8.78 Å². The van der Waals surface area contributed by atoms with Crippen molar-refractivity contribution in [1.82, 2.24) is 9.97 Å². The molecule has 0 unspecified atom stereocenters. The van der Waals surface area contributed by atoms with Gasteiger partial charge in [-0.25, -0.2) is 19.4 Å². The van der Waals surface area contributed by atoms with Crippen LogP contribution in [0.3, 0.4) is 0 Å². The number of nitrogens with one attached hydrogen (secondary N) is 1. The largest absolute Gasteiger partial charge is 0.459 e. The van der Waals surface area contributed by atoms with E-state index >= 15 is 0 Å². The lowest BCUT2D eigenvalue weighted by atomic mass is 9.85. The minimum absolute atomic E-state index is 0.00602. The number of benzene rings is 1. The lowest BCUT2D eigenvalue weighted by Gasteiger charge is -2.37. The summed E-state index contributed by atoms with van der Waals surface area (Å²) in [6.07, 6.45) is 1.11. The Kier molecular flexibility index (Phi) is 5.11. The van der Waals surface area contributed by atoms with Crippen LogP contribution in [0.4, 0.5) is 18.9 Å². The van der Waals surface area contributed by atoms with Gasteiger partial charge in [0.1, 0.15) is 11.0 Å². The molecule has 0 radical (unpaired) electrons. The van der Waals surface area contributed by atoms with E-state index in [4.69, 9.17) is 28.9 Å². The van der Waals surface area contributed by atoms with Gasteiger partial charge < -0.3 is 15.8 Å². The summed E-state index contributed by atoms with van der Waals surface area (Å²) >= 11 is 11.4. The van der Waals surface area contributed by atoms with Crippen molar-refractivity contribution >= 4 is 40.8 Å². The first-order valence-corrected chi connectivity index (χ1v) is 8.44. The van der Waals surface area contributed by atoms with Gasteiger partial charge in [-0.15, -0.1) is 0 Å². The first-order valence-electron chi connectivity index (χ1n) is 7.69. The number of amides is 1. The Morgan fingerprint density at radius 3 is 2.75 bits per heavy atom. The molecule has 1 aliphatic heterocycles. The maximum Gasteiger partial charge on any atom is 0.310 e. The number of anilines is 1. The third kappa shape index (κ3) is 3.57. The second-order valence-electron chi connectivity index (χ2n) is 6.00. The van der Waals surface area contributed by atoms with E-state index in [9.17, 15) is 18.0 Å². The number of rotatable bonds is 3. The number of nitrogens with two attached hydrogens (primary N) is 1. The molecule has 3 rings (SSSR count). The monoisotopic (exact) mass is 433 g/mol. The predicted octanol–water partition coefficient (Wildman–Crippen LogP) is 3.37. The van der Waals surface area contributed by atoms with Crippen molar-refractivity contribution in [3.63, 3.8) is 0 Å². The average Bonchev–Trinajstić information content (AvgIpc) is 2.60. The summed E-state index contributed by atoms with van der Waals surface area (Å²) in [6.45, 7) is -0.0429. The molecule has 1 atom stereocenters. The number of ether oxygens (including phenoxy) is 1. The molecule has 2 aromatic rings. The average molecular weight is 434 g/mol. The zero-order valence-electron chi connectivity index (χ0n) is 14.1. The molecule has 0 saturated heterocycles. The van der Waals surface area contributed by atoms with Gasteiger partial charge in [0.25, 0.3) is 11.9 Å². The van der Waals surface area contributed by atoms with Crippen LogP contribution in [0.1, 0.15) is 23.0 Å². The van der Waals surface area contributed by atoms with Crippen molar-refractivity contribution in [3.05, 3.63) is 51.8 Å². The second-order valence-corrected chi connectivity index (χ2v) is 6.74. The highest BCUT2D eigenvalue weighted by atomic mass is 35.5. The molecule has 0 saturated carbocycles. The first kappa shape index (κ1) is 20.2. The fourth-order valence-electron chi connectivity index (χ4n) is 2.56. The maximum atomic E-state index is 14.5. The summed E-state index contributed by atoms with van der Waals surface area (Å²) in [5.74, 6) is -5.30. The molecule has 0 spiro atoms. The summed E-state index contributed by atoms with van der Waals surface area (Å²) in [5.41, 5.74) is 2.35. The van der Waals surface area contributed by atoms with Gasteiger partial charge in [0.2, 0.25) is 0 Å². The molecule has 12 heteroatoms. The van der Waals surface area contributed by atoms with Crippen molar-refractivity contribution in [3.8, 4) is 0 Å². The Morgan fingerprint density at radius 2 is 2.07 bits per heavy atom. The molecule has 2 heterocycles. The van der Waals surface area contributed by atoms with Gasteiger partial charge in [0, 0.05) is 11.3 Å². The second kappa shape index (κ2) is 7.10. The summed E-state index contributed by atoms with van der Waals surface area (Å²) in [6, 6.07) is 2.64. The van der Waals surface area contributed by atoms with Crippen LogP contribution in [-0.2, 0) is 10.3 Å². The molecule has 148 valence electrons. The molecule has 1 amide bonds. The number of alkyl halides is 2. The fraction of sp³-hybridized carbons (Fsp3) is 0.250. The molecule has 28 heavy (non-hydrogen) atoms. The standard InChI is InChI=1S/C16H12Cl2F3N5O2/c1-15(16(20,21)6-28-14(22)26-15)8-4-7(2-3-9(8)19)24-13(27)11-12(18)25-10(17)5-23-11/h2-5H,6H2,1H3,(H2,22,26)(H,24,27)/t15-/m1/s1. The molecule has 0 aliphatic carbocycles. The summed E-state index contributed by atoms with van der Waals surface area (Å²) in [4.78, 5) is 23.4. The Morgan fingerprint density at radius 1 is 1.36 bits per heavy atom. The number of carbonyl (C=O) groups excluding carboxylic acids is 1. The number of aromatic nitrogens is 2. The van der Waals surface area contributed by atoms with E-state index in [1.165, 1.54) is 6.07 Å². The molecule has 1 aliphatic rings. The van der Waals surface area contributed by atoms with Crippen molar-refractivity contribution in [2.75, 3.05) is 11.9 Å². The Hall–Kier alpha value is -2.59. The molecular formula is C16H12Cl2F3N5O2. The first-order chi connectivity index (χ1) is 13.0. The minimum Gasteiger partial charge on any atom is -0.459 e. The smallest absolute Gasteiger partial charge is 0.310 e. The highest BCUT2D eigenvalue weighted by Gasteiger charge is 2.56. The van der Waals surface area contributed by atoms with E-state index in [2.05, 4.69) is 25.0 Å². The highest BCUT2D eigenvalue weighted by Crippen LogP contribution is 2.44. The fourth-order valence-corrected chi connectivity index (χ4v) is 2.96. The van der Waals surface area contributed by atoms with Crippen LogP contribution in [0, 0.1) is 5.82 Å². The number of hydrogen-bond donors (Lipinski definition) is 2. The number of amidine groups is 1.